The van der Waals surface area contributed by atoms with Crippen LogP contribution in [0.15, 0.2) is 64.7 Å². The highest BCUT2D eigenvalue weighted by Gasteiger charge is 2.01. The van der Waals surface area contributed by atoms with E-state index in [-0.39, 0.29) is 0 Å². The summed E-state index contributed by atoms with van der Waals surface area (Å²) in [6, 6.07) is 16.8. The molecule has 0 aliphatic rings. The van der Waals surface area contributed by atoms with Crippen molar-refractivity contribution in [1.29, 1.82) is 0 Å². The van der Waals surface area contributed by atoms with E-state index in [1.165, 1.54) is 10.5 Å². The summed E-state index contributed by atoms with van der Waals surface area (Å²) in [5.41, 5.74) is 10.0. The van der Waals surface area contributed by atoms with E-state index in [9.17, 15) is 0 Å². The normalized spacial score (nSPS) is 11.2. The predicted molar refractivity (Wildman–Crippen MR) is 98.0 cm³/mol. The van der Waals surface area contributed by atoms with Crippen LogP contribution >= 0.6 is 11.8 Å². The Labute approximate surface area is 140 Å². The molecule has 0 fully saturated rings. The van der Waals surface area contributed by atoms with Gasteiger partial charge in [-0.1, -0.05) is 30.3 Å². The summed E-state index contributed by atoms with van der Waals surface area (Å²) in [5.74, 6) is 0.391. The van der Waals surface area contributed by atoms with Crippen LogP contribution in [0.25, 0.3) is 11.1 Å². The molecular weight excluding hydrogens is 304 g/mol. The number of nitrogens with zero attached hydrogens (tertiary/aromatic N) is 3. The Hall–Kier alpha value is -2.53. The molecule has 4 nitrogen and oxygen atoms in total. The molecule has 2 aromatic carbocycles. The monoisotopic (exact) mass is 322 g/mol. The molecule has 0 spiro atoms. The second-order valence-electron chi connectivity index (χ2n) is 5.18. The lowest BCUT2D eigenvalue weighted by Gasteiger charge is -2.04. The average Bonchev–Trinajstić information content (AvgIpc) is 2.91. The minimum atomic E-state index is 0.391. The number of nitrogen functional groups attached to an aromatic ring is 1. The Morgan fingerprint density at radius 2 is 1.91 bits per heavy atom. The third kappa shape index (κ3) is 3.63. The minimum Gasteiger partial charge on any atom is -0.368 e. The first-order valence-corrected chi connectivity index (χ1v) is 8.48. The van der Waals surface area contributed by atoms with Crippen molar-refractivity contribution in [2.24, 2.45) is 5.10 Å². The number of aromatic nitrogens is 2. The van der Waals surface area contributed by atoms with Crippen LogP contribution in [0.4, 0.5) is 5.95 Å². The molecular formula is C18H18N4S. The molecule has 0 saturated heterocycles. The van der Waals surface area contributed by atoms with Gasteiger partial charge in [0.25, 0.3) is 0 Å². The number of anilines is 1. The van der Waals surface area contributed by atoms with E-state index in [2.05, 4.69) is 52.7 Å². The van der Waals surface area contributed by atoms with E-state index >= 15 is 0 Å². The first-order chi connectivity index (χ1) is 11.2. The summed E-state index contributed by atoms with van der Waals surface area (Å²) in [7, 11) is 0. The van der Waals surface area contributed by atoms with Gasteiger partial charge in [0.2, 0.25) is 5.95 Å². The fraction of sp³-hybridized carbons (Fsp3) is 0.111. The highest BCUT2D eigenvalue weighted by Crippen LogP contribution is 2.23. The van der Waals surface area contributed by atoms with Gasteiger partial charge in [0.15, 0.2) is 0 Å². The van der Waals surface area contributed by atoms with E-state index in [1.807, 2.05) is 19.1 Å². The molecule has 0 unspecified atom stereocenters. The largest absolute Gasteiger partial charge is 0.368 e. The topological polar surface area (TPSA) is 56.2 Å². The second kappa shape index (κ2) is 6.71. The summed E-state index contributed by atoms with van der Waals surface area (Å²) in [6.45, 7) is 1.89. The van der Waals surface area contributed by atoms with Crippen molar-refractivity contribution in [2.75, 3.05) is 12.0 Å². The summed E-state index contributed by atoms with van der Waals surface area (Å²) >= 11 is 1.74. The third-order valence-electron chi connectivity index (χ3n) is 3.48. The average molecular weight is 322 g/mol. The van der Waals surface area contributed by atoms with Crippen LogP contribution in [0, 0.1) is 6.92 Å². The molecule has 0 amide bonds. The van der Waals surface area contributed by atoms with Crippen LogP contribution in [0.3, 0.4) is 0 Å². The molecule has 2 N–H and O–H groups in total. The van der Waals surface area contributed by atoms with Crippen molar-refractivity contribution in [1.82, 2.24) is 9.66 Å². The number of rotatable bonds is 4. The molecule has 5 heteroatoms. The summed E-state index contributed by atoms with van der Waals surface area (Å²) < 4.78 is 1.58. The van der Waals surface area contributed by atoms with Crippen molar-refractivity contribution in [3.05, 3.63) is 66.0 Å². The van der Waals surface area contributed by atoms with Gasteiger partial charge in [-0.25, -0.2) is 9.66 Å². The van der Waals surface area contributed by atoms with Crippen molar-refractivity contribution >= 4 is 23.9 Å². The number of hydrogen-bond donors (Lipinski definition) is 1. The zero-order valence-corrected chi connectivity index (χ0v) is 13.9. The molecule has 0 aliphatic heterocycles. The fourth-order valence-corrected chi connectivity index (χ4v) is 2.72. The summed E-state index contributed by atoms with van der Waals surface area (Å²) in [4.78, 5) is 5.39. The number of thioether (sulfide) groups is 1. The zero-order chi connectivity index (χ0) is 16.2. The number of imidazole rings is 1. The van der Waals surface area contributed by atoms with Crippen LogP contribution in [0.1, 0.15) is 11.3 Å². The Morgan fingerprint density at radius 1 is 1.13 bits per heavy atom. The summed E-state index contributed by atoms with van der Waals surface area (Å²) in [5, 5.41) is 4.36. The van der Waals surface area contributed by atoms with Gasteiger partial charge in [0, 0.05) is 4.90 Å². The molecule has 1 aromatic heterocycles. The number of benzene rings is 2. The lowest BCUT2D eigenvalue weighted by Crippen LogP contribution is -1.97. The molecule has 0 aliphatic carbocycles. The molecule has 3 aromatic rings. The Morgan fingerprint density at radius 3 is 2.57 bits per heavy atom. The van der Waals surface area contributed by atoms with Gasteiger partial charge in [-0.2, -0.15) is 5.10 Å². The van der Waals surface area contributed by atoms with E-state index in [0.717, 1.165) is 16.8 Å². The van der Waals surface area contributed by atoms with Crippen molar-refractivity contribution in [2.45, 2.75) is 11.8 Å². The van der Waals surface area contributed by atoms with Crippen molar-refractivity contribution in [3.8, 4) is 11.1 Å². The first-order valence-electron chi connectivity index (χ1n) is 7.26. The molecule has 0 radical (unpaired) electrons. The Kier molecular flexibility index (Phi) is 4.48. The quantitative estimate of drug-likeness (QED) is 0.582. The second-order valence-corrected chi connectivity index (χ2v) is 6.06. The maximum Gasteiger partial charge on any atom is 0.221 e. The van der Waals surface area contributed by atoms with Crippen molar-refractivity contribution < 1.29 is 0 Å². The van der Waals surface area contributed by atoms with Crippen LogP contribution in [0.2, 0.25) is 0 Å². The lowest BCUT2D eigenvalue weighted by molar-refractivity contribution is 0.897. The number of nitrogens with two attached hydrogens (primary N) is 1. The van der Waals surface area contributed by atoms with Gasteiger partial charge in [0.1, 0.15) is 0 Å². The molecule has 116 valence electrons. The molecule has 0 bridgehead atoms. The predicted octanol–water partition coefficient (Wildman–Crippen LogP) is 4.04. The zero-order valence-electron chi connectivity index (χ0n) is 13.1. The SMILES string of the molecule is CSc1ccc(-c2cccc(C=Nn3cc(C)nc3N)c2)cc1. The maximum absolute atomic E-state index is 5.79. The number of hydrogen-bond acceptors (Lipinski definition) is 4. The van der Waals surface area contributed by atoms with E-state index < -0.39 is 0 Å². The van der Waals surface area contributed by atoms with Crippen LogP contribution < -0.4 is 5.73 Å². The molecule has 0 saturated carbocycles. The number of aryl methyl sites for hydroxylation is 1. The third-order valence-corrected chi connectivity index (χ3v) is 4.22. The Bertz CT molecular complexity index is 834. The van der Waals surface area contributed by atoms with Gasteiger partial charge in [-0.05, 0) is 48.1 Å². The molecule has 0 atom stereocenters. The lowest BCUT2D eigenvalue weighted by atomic mass is 10.0. The summed E-state index contributed by atoms with van der Waals surface area (Å²) in [6.07, 6.45) is 5.67. The van der Waals surface area contributed by atoms with Gasteiger partial charge < -0.3 is 5.73 Å². The van der Waals surface area contributed by atoms with E-state index in [4.69, 9.17) is 5.73 Å². The van der Waals surface area contributed by atoms with Gasteiger partial charge in [-0.15, -0.1) is 11.8 Å². The van der Waals surface area contributed by atoms with Crippen LogP contribution in [-0.4, -0.2) is 22.1 Å². The molecule has 3 rings (SSSR count). The van der Waals surface area contributed by atoms with Gasteiger partial charge in [-0.3, -0.25) is 0 Å². The fourth-order valence-electron chi connectivity index (χ4n) is 2.31. The minimum absolute atomic E-state index is 0.391. The maximum atomic E-state index is 5.79. The first kappa shape index (κ1) is 15.4. The molecule has 1 heterocycles. The van der Waals surface area contributed by atoms with Crippen LogP contribution in [0.5, 0.6) is 0 Å². The van der Waals surface area contributed by atoms with Crippen molar-refractivity contribution in [3.63, 3.8) is 0 Å². The van der Waals surface area contributed by atoms with Crippen LogP contribution in [-0.2, 0) is 0 Å². The highest BCUT2D eigenvalue weighted by molar-refractivity contribution is 7.98. The van der Waals surface area contributed by atoms with E-state index in [0.29, 0.717) is 5.95 Å². The van der Waals surface area contributed by atoms with E-state index in [1.54, 1.807) is 28.8 Å². The Balaban J connectivity index is 1.85. The smallest absolute Gasteiger partial charge is 0.221 e. The molecule has 23 heavy (non-hydrogen) atoms. The van der Waals surface area contributed by atoms with Gasteiger partial charge in [0.05, 0.1) is 18.1 Å². The highest BCUT2D eigenvalue weighted by atomic mass is 32.2. The standard InChI is InChI=1S/C18H18N4S/c1-13-12-22(18(19)21-13)20-11-14-4-3-5-16(10-14)15-6-8-17(23-2)9-7-15/h3-12H,1-2H3,(H2,19,21). The van der Waals surface area contributed by atoms with Gasteiger partial charge >= 0.3 is 0 Å².